The standard InChI is InChI=1S/C23H24N2O6/c1-4-14(2)20(25-21(27)15-9-5-6-10-16(15)22(25)28)23(29)31-13-19(26)24-17-11-7-8-12-18(17)30-3/h5-12,14,20H,4,13H2,1-3H3,(H,24,26). The highest BCUT2D eigenvalue weighted by Gasteiger charge is 2.45. The van der Waals surface area contributed by atoms with E-state index in [1.165, 1.54) is 7.11 Å². The first-order valence-corrected chi connectivity index (χ1v) is 9.95. The van der Waals surface area contributed by atoms with Gasteiger partial charge in [-0.25, -0.2) is 4.79 Å². The molecular weight excluding hydrogens is 400 g/mol. The molecule has 2 aromatic carbocycles. The molecule has 0 saturated heterocycles. The van der Waals surface area contributed by atoms with Crippen molar-refractivity contribution in [2.24, 2.45) is 5.92 Å². The first-order chi connectivity index (χ1) is 14.9. The predicted molar refractivity (Wildman–Crippen MR) is 113 cm³/mol. The topological polar surface area (TPSA) is 102 Å². The number of benzene rings is 2. The molecule has 2 aromatic rings. The fourth-order valence-corrected chi connectivity index (χ4v) is 3.43. The van der Waals surface area contributed by atoms with Crippen molar-refractivity contribution in [3.63, 3.8) is 0 Å². The number of ether oxygens (including phenoxy) is 2. The van der Waals surface area contributed by atoms with Crippen LogP contribution in [0, 0.1) is 5.92 Å². The van der Waals surface area contributed by atoms with Crippen LogP contribution in [0.4, 0.5) is 5.69 Å². The molecule has 1 heterocycles. The third-order valence-electron chi connectivity index (χ3n) is 5.25. The van der Waals surface area contributed by atoms with Gasteiger partial charge in [0.25, 0.3) is 17.7 Å². The minimum absolute atomic E-state index is 0.252. The molecule has 31 heavy (non-hydrogen) atoms. The van der Waals surface area contributed by atoms with Gasteiger partial charge in [-0.2, -0.15) is 0 Å². The lowest BCUT2D eigenvalue weighted by Crippen LogP contribution is -2.49. The number of methoxy groups -OCH3 is 1. The van der Waals surface area contributed by atoms with Gasteiger partial charge >= 0.3 is 5.97 Å². The fourth-order valence-electron chi connectivity index (χ4n) is 3.43. The lowest BCUT2D eigenvalue weighted by atomic mass is 9.97. The number of carbonyl (C=O) groups is 4. The molecule has 0 spiro atoms. The number of nitrogens with one attached hydrogen (secondary N) is 1. The van der Waals surface area contributed by atoms with Gasteiger partial charge in [-0.1, -0.05) is 44.5 Å². The predicted octanol–water partition coefficient (Wildman–Crippen LogP) is 2.89. The zero-order chi connectivity index (χ0) is 22.5. The van der Waals surface area contributed by atoms with Gasteiger partial charge < -0.3 is 14.8 Å². The van der Waals surface area contributed by atoms with Gasteiger partial charge in [0.1, 0.15) is 11.8 Å². The van der Waals surface area contributed by atoms with Crippen molar-refractivity contribution in [2.45, 2.75) is 26.3 Å². The summed E-state index contributed by atoms with van der Waals surface area (Å²) in [5.41, 5.74) is 0.940. The molecule has 0 bridgehead atoms. The highest BCUT2D eigenvalue weighted by atomic mass is 16.5. The number of amides is 3. The van der Waals surface area contributed by atoms with Crippen LogP contribution in [0.3, 0.4) is 0 Å². The number of imide groups is 1. The zero-order valence-corrected chi connectivity index (χ0v) is 17.6. The van der Waals surface area contributed by atoms with Crippen molar-refractivity contribution in [2.75, 3.05) is 19.0 Å². The molecule has 0 radical (unpaired) electrons. The summed E-state index contributed by atoms with van der Waals surface area (Å²) in [6.07, 6.45) is 0.528. The van der Waals surface area contributed by atoms with E-state index in [0.29, 0.717) is 17.9 Å². The summed E-state index contributed by atoms with van der Waals surface area (Å²) >= 11 is 0. The Balaban J connectivity index is 1.72. The summed E-state index contributed by atoms with van der Waals surface area (Å²) in [6.45, 7) is 3.04. The van der Waals surface area contributed by atoms with Crippen molar-refractivity contribution >= 4 is 29.4 Å². The fraction of sp³-hybridized carbons (Fsp3) is 0.304. The molecule has 3 rings (SSSR count). The molecule has 1 aliphatic rings. The molecular formula is C23H24N2O6. The van der Waals surface area contributed by atoms with Gasteiger partial charge in [-0.3, -0.25) is 19.3 Å². The Bertz CT molecular complexity index is 984. The molecule has 8 nitrogen and oxygen atoms in total. The highest BCUT2D eigenvalue weighted by molar-refractivity contribution is 6.22. The minimum atomic E-state index is -1.13. The number of carbonyl (C=O) groups excluding carboxylic acids is 4. The van der Waals surface area contributed by atoms with E-state index in [1.54, 1.807) is 55.5 Å². The Morgan fingerprint density at radius 2 is 1.58 bits per heavy atom. The van der Waals surface area contributed by atoms with Crippen LogP contribution in [-0.2, 0) is 14.3 Å². The van der Waals surface area contributed by atoms with Crippen LogP contribution in [0.15, 0.2) is 48.5 Å². The Morgan fingerprint density at radius 3 is 2.16 bits per heavy atom. The largest absolute Gasteiger partial charge is 0.495 e. The summed E-state index contributed by atoms with van der Waals surface area (Å²) in [4.78, 5) is 51.8. The number of esters is 1. The molecule has 1 N–H and O–H groups in total. The van der Waals surface area contributed by atoms with Gasteiger partial charge in [0.05, 0.1) is 23.9 Å². The van der Waals surface area contributed by atoms with E-state index in [0.717, 1.165) is 4.90 Å². The van der Waals surface area contributed by atoms with E-state index in [-0.39, 0.29) is 17.0 Å². The second-order valence-electron chi connectivity index (χ2n) is 7.21. The van der Waals surface area contributed by atoms with E-state index >= 15 is 0 Å². The van der Waals surface area contributed by atoms with E-state index < -0.39 is 36.3 Å². The van der Waals surface area contributed by atoms with Crippen LogP contribution in [-0.4, -0.2) is 48.3 Å². The number of fused-ring (bicyclic) bond motifs is 1. The molecule has 0 fully saturated rings. The maximum Gasteiger partial charge on any atom is 0.330 e. The second kappa shape index (κ2) is 9.42. The van der Waals surface area contributed by atoms with Crippen molar-refractivity contribution in [3.05, 3.63) is 59.7 Å². The summed E-state index contributed by atoms with van der Waals surface area (Å²) in [6, 6.07) is 12.1. The normalized spacial score (nSPS) is 14.6. The van der Waals surface area contributed by atoms with Crippen molar-refractivity contribution in [3.8, 4) is 5.75 Å². The second-order valence-corrected chi connectivity index (χ2v) is 7.21. The van der Waals surface area contributed by atoms with Crippen LogP contribution in [0.25, 0.3) is 0 Å². The van der Waals surface area contributed by atoms with E-state index in [9.17, 15) is 19.2 Å². The zero-order valence-electron chi connectivity index (χ0n) is 17.6. The van der Waals surface area contributed by atoms with Crippen LogP contribution < -0.4 is 10.1 Å². The molecule has 8 heteroatoms. The molecule has 1 aliphatic heterocycles. The minimum Gasteiger partial charge on any atom is -0.495 e. The monoisotopic (exact) mass is 424 g/mol. The van der Waals surface area contributed by atoms with Crippen LogP contribution >= 0.6 is 0 Å². The summed E-state index contributed by atoms with van der Waals surface area (Å²) in [7, 11) is 1.48. The van der Waals surface area contributed by atoms with Gasteiger partial charge in [0.15, 0.2) is 6.61 Å². The van der Waals surface area contributed by atoms with Crippen molar-refractivity contribution in [1.82, 2.24) is 4.90 Å². The van der Waals surface area contributed by atoms with Gasteiger partial charge in [-0.15, -0.1) is 0 Å². The average molecular weight is 424 g/mol. The Kier molecular flexibility index (Phi) is 6.69. The first kappa shape index (κ1) is 22.0. The highest BCUT2D eigenvalue weighted by Crippen LogP contribution is 2.29. The van der Waals surface area contributed by atoms with Gasteiger partial charge in [-0.05, 0) is 30.2 Å². The van der Waals surface area contributed by atoms with Gasteiger partial charge in [0.2, 0.25) is 0 Å². The van der Waals surface area contributed by atoms with E-state index in [2.05, 4.69) is 5.32 Å². The first-order valence-electron chi connectivity index (χ1n) is 9.95. The summed E-state index contributed by atoms with van der Waals surface area (Å²) < 4.78 is 10.4. The quantitative estimate of drug-likeness (QED) is 0.516. The number of rotatable bonds is 8. The number of nitrogens with zero attached hydrogens (tertiary/aromatic N) is 1. The van der Waals surface area contributed by atoms with Crippen LogP contribution in [0.1, 0.15) is 41.0 Å². The number of hydrogen-bond donors (Lipinski definition) is 1. The smallest absolute Gasteiger partial charge is 0.330 e. The molecule has 3 amide bonds. The molecule has 2 unspecified atom stereocenters. The number of anilines is 1. The van der Waals surface area contributed by atoms with Crippen LogP contribution in [0.2, 0.25) is 0 Å². The molecule has 0 aliphatic carbocycles. The average Bonchev–Trinajstić information content (AvgIpc) is 3.03. The Hall–Kier alpha value is -3.68. The number of hydrogen-bond acceptors (Lipinski definition) is 6. The van der Waals surface area contributed by atoms with Gasteiger partial charge in [0, 0.05) is 0 Å². The summed E-state index contributed by atoms with van der Waals surface area (Å²) in [5, 5.41) is 2.61. The summed E-state index contributed by atoms with van der Waals surface area (Å²) in [5.74, 6) is -2.34. The maximum absolute atomic E-state index is 12.9. The lowest BCUT2D eigenvalue weighted by Gasteiger charge is -2.28. The maximum atomic E-state index is 12.9. The molecule has 2 atom stereocenters. The Morgan fingerprint density at radius 1 is 1.00 bits per heavy atom. The SMILES string of the molecule is CCC(C)C(C(=O)OCC(=O)Nc1ccccc1OC)N1C(=O)c2ccccc2C1=O. The molecule has 0 saturated carbocycles. The van der Waals surface area contributed by atoms with E-state index in [1.807, 2.05) is 6.92 Å². The third kappa shape index (κ3) is 4.42. The number of para-hydroxylation sites is 2. The van der Waals surface area contributed by atoms with Crippen molar-refractivity contribution in [1.29, 1.82) is 0 Å². The molecule has 0 aromatic heterocycles. The van der Waals surface area contributed by atoms with E-state index in [4.69, 9.17) is 9.47 Å². The molecule has 162 valence electrons. The van der Waals surface area contributed by atoms with Crippen LogP contribution in [0.5, 0.6) is 5.75 Å². The lowest BCUT2D eigenvalue weighted by molar-refractivity contribution is -0.152. The third-order valence-corrected chi connectivity index (χ3v) is 5.25. The Labute approximate surface area is 180 Å². The van der Waals surface area contributed by atoms with Crippen molar-refractivity contribution < 1.29 is 28.7 Å².